The van der Waals surface area contributed by atoms with Gasteiger partial charge in [-0.15, -0.1) is 5.10 Å². The Balaban J connectivity index is 1.67. The smallest absolute Gasteiger partial charge is 0.244 e. The highest BCUT2D eigenvalue weighted by Crippen LogP contribution is 2.00. The van der Waals surface area contributed by atoms with Gasteiger partial charge in [0.1, 0.15) is 5.82 Å². The Morgan fingerprint density at radius 1 is 1.24 bits per heavy atom. The summed E-state index contributed by atoms with van der Waals surface area (Å²) in [4.78, 5) is 15.6. The Morgan fingerprint density at radius 3 is 2.86 bits per heavy atom. The Hall–Kier alpha value is -2.76. The van der Waals surface area contributed by atoms with Gasteiger partial charge in [0.2, 0.25) is 5.91 Å². The number of aromatic nitrogens is 3. The lowest BCUT2D eigenvalue weighted by Crippen LogP contribution is -2.27. The maximum Gasteiger partial charge on any atom is 0.244 e. The van der Waals surface area contributed by atoms with Crippen molar-refractivity contribution in [3.63, 3.8) is 0 Å². The second kappa shape index (κ2) is 7.74. The van der Waals surface area contributed by atoms with Crippen molar-refractivity contribution in [3.05, 3.63) is 54.0 Å². The van der Waals surface area contributed by atoms with Gasteiger partial charge in [-0.1, -0.05) is 6.07 Å². The average molecular weight is 283 g/mol. The lowest BCUT2D eigenvalue weighted by Gasteiger charge is -2.05. The quantitative estimate of drug-likeness (QED) is 0.619. The molecule has 0 unspecified atom stereocenters. The van der Waals surface area contributed by atoms with E-state index >= 15 is 0 Å². The predicted molar refractivity (Wildman–Crippen MR) is 81.5 cm³/mol. The van der Waals surface area contributed by atoms with E-state index in [-0.39, 0.29) is 5.91 Å². The van der Waals surface area contributed by atoms with Crippen molar-refractivity contribution in [1.29, 1.82) is 0 Å². The van der Waals surface area contributed by atoms with Gasteiger partial charge >= 0.3 is 0 Å². The number of anilines is 1. The van der Waals surface area contributed by atoms with Crippen LogP contribution in [0.25, 0.3) is 6.08 Å². The van der Waals surface area contributed by atoms with Crippen molar-refractivity contribution in [2.45, 2.75) is 6.92 Å². The second-order valence-corrected chi connectivity index (χ2v) is 4.40. The Bertz CT molecular complexity index is 595. The molecule has 0 aliphatic carbocycles. The molecule has 0 fully saturated rings. The standard InChI is InChI=1S/C15H17N5O/c1-12-4-6-14(20-19-12)17-9-10-18-15(21)7-5-13-3-2-8-16-11-13/h2-8,11H,9-10H2,1H3,(H,17,20)(H,18,21)/b7-5-. The zero-order valence-electron chi connectivity index (χ0n) is 11.8. The summed E-state index contributed by atoms with van der Waals surface area (Å²) in [6.07, 6.45) is 6.60. The predicted octanol–water partition coefficient (Wildman–Crippen LogP) is 1.42. The van der Waals surface area contributed by atoms with Crippen LogP contribution in [0, 0.1) is 6.92 Å². The van der Waals surface area contributed by atoms with Crippen LogP contribution in [0.1, 0.15) is 11.3 Å². The van der Waals surface area contributed by atoms with Crippen molar-refractivity contribution in [1.82, 2.24) is 20.5 Å². The van der Waals surface area contributed by atoms with E-state index in [0.29, 0.717) is 18.9 Å². The van der Waals surface area contributed by atoms with E-state index < -0.39 is 0 Å². The fraction of sp³-hybridized carbons (Fsp3) is 0.200. The Labute approximate surface area is 123 Å². The third-order valence-corrected chi connectivity index (χ3v) is 2.64. The summed E-state index contributed by atoms with van der Waals surface area (Å²) in [5, 5.41) is 13.8. The molecule has 0 saturated carbocycles. The number of nitrogens with zero attached hydrogens (tertiary/aromatic N) is 3. The minimum atomic E-state index is -0.143. The molecule has 6 heteroatoms. The van der Waals surface area contributed by atoms with E-state index in [1.807, 2.05) is 31.2 Å². The minimum absolute atomic E-state index is 0.143. The van der Waals surface area contributed by atoms with Gasteiger partial charge in [0.15, 0.2) is 0 Å². The molecular weight excluding hydrogens is 266 g/mol. The number of hydrogen-bond donors (Lipinski definition) is 2. The molecule has 0 aliphatic rings. The molecule has 2 N–H and O–H groups in total. The van der Waals surface area contributed by atoms with E-state index in [1.54, 1.807) is 18.5 Å². The topological polar surface area (TPSA) is 79.8 Å². The molecule has 0 radical (unpaired) electrons. The largest absolute Gasteiger partial charge is 0.367 e. The first-order valence-corrected chi connectivity index (χ1v) is 6.64. The van der Waals surface area contributed by atoms with Crippen LogP contribution >= 0.6 is 0 Å². The zero-order valence-corrected chi connectivity index (χ0v) is 11.8. The number of carbonyl (C=O) groups excluding carboxylic acids is 1. The van der Waals surface area contributed by atoms with Gasteiger partial charge in [-0.3, -0.25) is 9.78 Å². The highest BCUT2D eigenvalue weighted by Gasteiger charge is 1.96. The molecule has 0 bridgehead atoms. The van der Waals surface area contributed by atoms with E-state index in [1.165, 1.54) is 6.08 Å². The summed E-state index contributed by atoms with van der Waals surface area (Å²) in [5.41, 5.74) is 1.76. The number of rotatable bonds is 6. The van der Waals surface area contributed by atoms with Crippen LogP contribution in [-0.2, 0) is 4.79 Å². The molecule has 0 spiro atoms. The summed E-state index contributed by atoms with van der Waals surface area (Å²) < 4.78 is 0. The summed E-state index contributed by atoms with van der Waals surface area (Å²) in [7, 11) is 0. The van der Waals surface area contributed by atoms with Crippen LogP contribution < -0.4 is 10.6 Å². The van der Waals surface area contributed by atoms with Crippen molar-refractivity contribution >= 4 is 17.8 Å². The van der Waals surface area contributed by atoms with E-state index in [0.717, 1.165) is 11.3 Å². The van der Waals surface area contributed by atoms with Gasteiger partial charge in [0, 0.05) is 31.6 Å². The molecule has 21 heavy (non-hydrogen) atoms. The molecule has 1 amide bonds. The molecule has 6 nitrogen and oxygen atoms in total. The van der Waals surface area contributed by atoms with Crippen LogP contribution in [-0.4, -0.2) is 34.2 Å². The Kier molecular flexibility index (Phi) is 5.40. The van der Waals surface area contributed by atoms with Crippen molar-refractivity contribution in [3.8, 4) is 0 Å². The van der Waals surface area contributed by atoms with Crippen molar-refractivity contribution in [2.24, 2.45) is 0 Å². The summed E-state index contributed by atoms with van der Waals surface area (Å²) in [5.74, 6) is 0.552. The van der Waals surface area contributed by atoms with Crippen LogP contribution in [0.4, 0.5) is 5.82 Å². The van der Waals surface area contributed by atoms with Crippen molar-refractivity contribution in [2.75, 3.05) is 18.4 Å². The van der Waals surface area contributed by atoms with Crippen molar-refractivity contribution < 1.29 is 4.79 Å². The summed E-state index contributed by atoms with van der Waals surface area (Å²) in [6.45, 7) is 2.97. The molecule has 0 aromatic carbocycles. The van der Waals surface area contributed by atoms with E-state index in [9.17, 15) is 4.79 Å². The normalized spacial score (nSPS) is 10.5. The first-order chi connectivity index (χ1) is 10.2. The first-order valence-electron chi connectivity index (χ1n) is 6.64. The highest BCUT2D eigenvalue weighted by atomic mass is 16.1. The first kappa shape index (κ1) is 14.6. The second-order valence-electron chi connectivity index (χ2n) is 4.40. The fourth-order valence-corrected chi connectivity index (χ4v) is 1.57. The number of aryl methyl sites for hydroxylation is 1. The van der Waals surface area contributed by atoms with Crippen LogP contribution in [0.5, 0.6) is 0 Å². The van der Waals surface area contributed by atoms with Gasteiger partial charge < -0.3 is 10.6 Å². The number of pyridine rings is 1. The van der Waals surface area contributed by atoms with Crippen LogP contribution in [0.15, 0.2) is 42.7 Å². The third-order valence-electron chi connectivity index (χ3n) is 2.64. The highest BCUT2D eigenvalue weighted by molar-refractivity contribution is 5.91. The zero-order chi connectivity index (χ0) is 14.9. The Morgan fingerprint density at radius 2 is 2.14 bits per heavy atom. The molecule has 0 saturated heterocycles. The molecule has 2 aromatic heterocycles. The maximum atomic E-state index is 11.6. The van der Waals surface area contributed by atoms with E-state index in [2.05, 4.69) is 25.8 Å². The monoisotopic (exact) mass is 283 g/mol. The average Bonchev–Trinajstić information content (AvgIpc) is 2.52. The van der Waals surface area contributed by atoms with Crippen LogP contribution in [0.3, 0.4) is 0 Å². The molecule has 2 aromatic rings. The molecule has 2 rings (SSSR count). The number of carbonyl (C=O) groups is 1. The number of hydrogen-bond acceptors (Lipinski definition) is 5. The van der Waals surface area contributed by atoms with Gasteiger partial charge in [-0.05, 0) is 36.8 Å². The SMILES string of the molecule is Cc1ccc(NCCNC(=O)/C=C\c2cccnc2)nn1. The number of amides is 1. The van der Waals surface area contributed by atoms with Gasteiger partial charge in [0.05, 0.1) is 5.69 Å². The lowest BCUT2D eigenvalue weighted by atomic mass is 10.2. The fourth-order valence-electron chi connectivity index (χ4n) is 1.57. The molecular formula is C15H17N5O. The summed E-state index contributed by atoms with van der Waals surface area (Å²) >= 11 is 0. The number of nitrogens with one attached hydrogen (secondary N) is 2. The molecule has 0 aliphatic heterocycles. The minimum Gasteiger partial charge on any atom is -0.367 e. The van der Waals surface area contributed by atoms with E-state index in [4.69, 9.17) is 0 Å². The molecule has 0 atom stereocenters. The van der Waals surface area contributed by atoms with Gasteiger partial charge in [-0.2, -0.15) is 5.10 Å². The van der Waals surface area contributed by atoms with Crippen LogP contribution in [0.2, 0.25) is 0 Å². The lowest BCUT2D eigenvalue weighted by molar-refractivity contribution is -0.116. The molecule has 108 valence electrons. The maximum absolute atomic E-state index is 11.6. The van der Waals surface area contributed by atoms with Gasteiger partial charge in [-0.25, -0.2) is 0 Å². The summed E-state index contributed by atoms with van der Waals surface area (Å²) in [6, 6.07) is 7.44. The molecule has 2 heterocycles. The third kappa shape index (κ3) is 5.40. The van der Waals surface area contributed by atoms with Gasteiger partial charge in [0.25, 0.3) is 0 Å².